The van der Waals surface area contributed by atoms with Crippen LogP contribution in [0.3, 0.4) is 0 Å². The number of hydrogen-bond donors (Lipinski definition) is 3. The van der Waals surface area contributed by atoms with Gasteiger partial charge in [-0.05, 0) is 62.8 Å². The smallest absolute Gasteiger partial charge is 0.258 e. The van der Waals surface area contributed by atoms with Crippen LogP contribution in [0.25, 0.3) is 0 Å². The molecule has 1 aromatic carbocycles. The molecule has 10 heteroatoms. The molecule has 0 unspecified atom stereocenters. The lowest BCUT2D eigenvalue weighted by molar-refractivity contribution is 0.0824. The molecule has 1 amide bonds. The molecule has 0 radical (unpaired) electrons. The zero-order chi connectivity index (χ0) is 22.9. The minimum atomic E-state index is -0.328. The molecule has 0 aliphatic heterocycles. The molecule has 2 aromatic heterocycles. The number of carbonyl (C=O) groups excluding carboxylic acids is 1. The molecule has 0 aliphatic carbocycles. The molecule has 0 spiro atoms. The van der Waals surface area contributed by atoms with E-state index in [0.29, 0.717) is 21.8 Å². The molecular formula is C21H26BrN5O3S. The fourth-order valence-electron chi connectivity index (χ4n) is 3.05. The molecule has 2 heterocycles. The Hall–Kier alpha value is -2.59. The summed E-state index contributed by atoms with van der Waals surface area (Å²) in [5, 5.41) is 25.1. The maximum absolute atomic E-state index is 12.5. The molecule has 0 bridgehead atoms. The highest BCUT2D eigenvalue weighted by Crippen LogP contribution is 2.41. The first-order chi connectivity index (χ1) is 14.5. The number of aromatic hydroxyl groups is 1. The van der Waals surface area contributed by atoms with Gasteiger partial charge in [-0.2, -0.15) is 0 Å². The minimum Gasteiger partial charge on any atom is -0.505 e. The number of nitrogens with zero attached hydrogens (tertiary/aromatic N) is 3. The number of halogens is 1. The summed E-state index contributed by atoms with van der Waals surface area (Å²) in [6, 6.07) is 7.48. The summed E-state index contributed by atoms with van der Waals surface area (Å²) >= 11 is 5.05. The number of thiophene rings is 1. The van der Waals surface area contributed by atoms with E-state index in [2.05, 4.69) is 76.7 Å². The highest BCUT2D eigenvalue weighted by Gasteiger charge is 2.30. The lowest BCUT2D eigenvalue weighted by Gasteiger charge is -2.30. The minimum absolute atomic E-state index is 0.0388. The van der Waals surface area contributed by atoms with Gasteiger partial charge in [0.2, 0.25) is 11.6 Å². The molecule has 8 nitrogen and oxygen atoms in total. The third-order valence-corrected chi connectivity index (χ3v) is 6.41. The van der Waals surface area contributed by atoms with Crippen LogP contribution in [0, 0.1) is 12.3 Å². The van der Waals surface area contributed by atoms with Gasteiger partial charge in [0.15, 0.2) is 5.75 Å². The lowest BCUT2D eigenvalue weighted by Crippen LogP contribution is -2.25. The van der Waals surface area contributed by atoms with Crippen molar-refractivity contribution < 1.29 is 14.5 Å². The van der Waals surface area contributed by atoms with E-state index in [0.717, 1.165) is 0 Å². The molecule has 0 saturated heterocycles. The maximum atomic E-state index is 12.5. The first-order valence-electron chi connectivity index (χ1n) is 9.64. The number of carbonyl (C=O) groups is 1. The van der Waals surface area contributed by atoms with Gasteiger partial charge in [0, 0.05) is 28.3 Å². The van der Waals surface area contributed by atoms with Crippen molar-refractivity contribution in [1.82, 2.24) is 15.2 Å². The van der Waals surface area contributed by atoms with E-state index in [1.807, 2.05) is 0 Å². The van der Waals surface area contributed by atoms with Gasteiger partial charge in [0.05, 0.1) is 17.3 Å². The standard InChI is InChI=1S/C21H26BrN5O3S/c1-11-7-10-14(31-11)17(21(2,3)4)24-19-18(25-30-26-19)23-13-9-8-12(22)15(16(13)28)20(29)27(5)6/h7-10,17,28H,1-6H3,(H,23,25)(H,24,26)/t17-/m0/s1. The third kappa shape index (κ3) is 5.01. The van der Waals surface area contributed by atoms with Crippen LogP contribution in [-0.2, 0) is 0 Å². The molecule has 1 atom stereocenters. The van der Waals surface area contributed by atoms with E-state index >= 15 is 0 Å². The molecule has 3 rings (SSSR count). The van der Waals surface area contributed by atoms with Gasteiger partial charge in [-0.3, -0.25) is 4.79 Å². The van der Waals surface area contributed by atoms with Crippen LogP contribution >= 0.6 is 27.3 Å². The Morgan fingerprint density at radius 3 is 2.45 bits per heavy atom. The number of phenolic OH excluding ortho intramolecular Hbond substituents is 1. The van der Waals surface area contributed by atoms with Crippen LogP contribution in [0.15, 0.2) is 33.4 Å². The van der Waals surface area contributed by atoms with Crippen molar-refractivity contribution in [3.8, 4) is 5.75 Å². The summed E-state index contributed by atoms with van der Waals surface area (Å²) in [5.74, 6) is 0.200. The number of anilines is 3. The Labute approximate surface area is 193 Å². The van der Waals surface area contributed by atoms with Gasteiger partial charge in [0.1, 0.15) is 0 Å². The normalized spacial score (nSPS) is 12.5. The first-order valence-corrected chi connectivity index (χ1v) is 11.3. The van der Waals surface area contributed by atoms with Gasteiger partial charge >= 0.3 is 0 Å². The Morgan fingerprint density at radius 1 is 1.19 bits per heavy atom. The van der Waals surface area contributed by atoms with Crippen molar-refractivity contribution in [2.24, 2.45) is 5.41 Å². The SMILES string of the molecule is Cc1ccc([C@H](Nc2nonc2Nc2ccc(Br)c(C(=O)N(C)C)c2O)C(C)(C)C)s1. The zero-order valence-electron chi connectivity index (χ0n) is 18.3. The quantitative estimate of drug-likeness (QED) is 0.375. The van der Waals surface area contributed by atoms with Gasteiger partial charge in [-0.1, -0.05) is 20.8 Å². The van der Waals surface area contributed by atoms with E-state index < -0.39 is 0 Å². The number of nitrogens with one attached hydrogen (secondary N) is 2. The lowest BCUT2D eigenvalue weighted by atomic mass is 9.86. The van der Waals surface area contributed by atoms with E-state index in [4.69, 9.17) is 4.63 Å². The van der Waals surface area contributed by atoms with E-state index in [1.54, 1.807) is 37.6 Å². The Bertz CT molecular complexity index is 1090. The molecule has 0 aliphatic rings. The highest BCUT2D eigenvalue weighted by atomic mass is 79.9. The van der Waals surface area contributed by atoms with Crippen molar-refractivity contribution >= 4 is 50.5 Å². The van der Waals surface area contributed by atoms with Gasteiger partial charge in [0.25, 0.3) is 5.91 Å². The highest BCUT2D eigenvalue weighted by molar-refractivity contribution is 9.10. The first kappa shape index (κ1) is 23.1. The number of phenols is 1. The topological polar surface area (TPSA) is 104 Å². The van der Waals surface area contributed by atoms with Crippen LogP contribution in [0.4, 0.5) is 17.3 Å². The number of amides is 1. The van der Waals surface area contributed by atoms with Crippen LogP contribution in [-0.4, -0.2) is 40.3 Å². The van der Waals surface area contributed by atoms with E-state index in [9.17, 15) is 9.90 Å². The molecule has 3 N–H and O–H groups in total. The van der Waals surface area contributed by atoms with Crippen LogP contribution in [0.5, 0.6) is 5.75 Å². The summed E-state index contributed by atoms with van der Waals surface area (Å²) in [7, 11) is 3.24. The molecule has 0 fully saturated rings. The second-order valence-electron chi connectivity index (χ2n) is 8.50. The van der Waals surface area contributed by atoms with Gasteiger partial charge < -0.3 is 20.6 Å². The van der Waals surface area contributed by atoms with Crippen molar-refractivity contribution in [2.75, 3.05) is 24.7 Å². The van der Waals surface area contributed by atoms with Crippen molar-refractivity contribution in [3.05, 3.63) is 44.1 Å². The molecular weight excluding hydrogens is 482 g/mol. The third-order valence-electron chi connectivity index (χ3n) is 4.68. The van der Waals surface area contributed by atoms with E-state index in [-0.39, 0.29) is 28.7 Å². The van der Waals surface area contributed by atoms with Gasteiger partial charge in [-0.25, -0.2) is 4.63 Å². The Morgan fingerprint density at radius 2 is 1.87 bits per heavy atom. The summed E-state index contributed by atoms with van der Waals surface area (Å²) in [5.41, 5.74) is 0.354. The number of hydrogen-bond acceptors (Lipinski definition) is 8. The van der Waals surface area contributed by atoms with Crippen LogP contribution < -0.4 is 10.6 Å². The second kappa shape index (κ2) is 8.88. The molecule has 3 aromatic rings. The number of benzene rings is 1. The van der Waals surface area contributed by atoms with Crippen molar-refractivity contribution in [1.29, 1.82) is 0 Å². The van der Waals surface area contributed by atoms with E-state index in [1.165, 1.54) is 14.7 Å². The maximum Gasteiger partial charge on any atom is 0.258 e. The molecule has 166 valence electrons. The number of aromatic nitrogens is 2. The second-order valence-corrected chi connectivity index (χ2v) is 10.7. The summed E-state index contributed by atoms with van der Waals surface area (Å²) in [4.78, 5) is 16.3. The number of rotatable bonds is 6. The summed E-state index contributed by atoms with van der Waals surface area (Å²) in [6.07, 6.45) is 0. The van der Waals surface area contributed by atoms with Crippen LogP contribution in [0.2, 0.25) is 0 Å². The monoisotopic (exact) mass is 507 g/mol. The predicted octanol–water partition coefficient (Wildman–Crippen LogP) is 5.55. The average Bonchev–Trinajstić information content (AvgIpc) is 3.29. The summed E-state index contributed by atoms with van der Waals surface area (Å²) in [6.45, 7) is 8.49. The molecule has 31 heavy (non-hydrogen) atoms. The number of aryl methyl sites for hydroxylation is 1. The Kier molecular flexibility index (Phi) is 6.61. The fraction of sp³-hybridized carbons (Fsp3) is 0.381. The van der Waals surface area contributed by atoms with Crippen molar-refractivity contribution in [2.45, 2.75) is 33.7 Å². The predicted molar refractivity (Wildman–Crippen MR) is 126 cm³/mol. The Balaban J connectivity index is 1.92. The molecule has 0 saturated carbocycles. The van der Waals surface area contributed by atoms with Crippen molar-refractivity contribution in [3.63, 3.8) is 0 Å². The summed E-state index contributed by atoms with van der Waals surface area (Å²) < 4.78 is 5.46. The van der Waals surface area contributed by atoms with Gasteiger partial charge in [-0.15, -0.1) is 11.3 Å². The zero-order valence-corrected chi connectivity index (χ0v) is 20.7. The average molecular weight is 508 g/mol. The van der Waals surface area contributed by atoms with Crippen LogP contribution in [0.1, 0.15) is 46.9 Å². The fourth-order valence-corrected chi connectivity index (χ4v) is 4.71. The largest absolute Gasteiger partial charge is 0.505 e.